The summed E-state index contributed by atoms with van der Waals surface area (Å²) >= 11 is 6.85. The van der Waals surface area contributed by atoms with Crippen molar-refractivity contribution in [1.82, 2.24) is 0 Å². The molecule has 3 rings (SSSR count). The molecular formula is C19H29BClNO2. The van der Waals surface area contributed by atoms with Crippen molar-refractivity contribution in [2.45, 2.75) is 84.5 Å². The lowest BCUT2D eigenvalue weighted by molar-refractivity contribution is 0.00578. The van der Waals surface area contributed by atoms with Crippen LogP contribution in [0.15, 0.2) is 6.07 Å². The maximum atomic E-state index is 6.85. The Bertz CT molecular complexity index is 668. The number of aryl methyl sites for hydroxylation is 1. The van der Waals surface area contributed by atoms with E-state index in [9.17, 15) is 0 Å². The van der Waals surface area contributed by atoms with E-state index in [2.05, 4.69) is 66.8 Å². The summed E-state index contributed by atoms with van der Waals surface area (Å²) < 4.78 is 12.5. The Labute approximate surface area is 151 Å². The number of nitrogens with one attached hydrogen (secondary N) is 1. The maximum absolute atomic E-state index is 6.85. The molecule has 2 heterocycles. The van der Waals surface area contributed by atoms with E-state index in [1.807, 2.05) is 0 Å². The van der Waals surface area contributed by atoms with Gasteiger partial charge in [-0.25, -0.2) is 0 Å². The standard InChI is InChI=1S/C19H29BClNO2/c1-11-9-13(20-23-18(5,6)19(7,8)24-20)15(21)14-12(2)10-17(3,4)22-16(11)14/h9,12,22H,10H2,1-8H3. The van der Waals surface area contributed by atoms with Gasteiger partial charge in [-0.1, -0.05) is 24.6 Å². The number of hydrogen-bond acceptors (Lipinski definition) is 3. The van der Waals surface area contributed by atoms with Crippen LogP contribution in [0.3, 0.4) is 0 Å². The van der Waals surface area contributed by atoms with Crippen LogP contribution in [0.25, 0.3) is 0 Å². The monoisotopic (exact) mass is 349 g/mol. The van der Waals surface area contributed by atoms with Crippen molar-refractivity contribution >= 4 is 29.9 Å². The van der Waals surface area contributed by atoms with Gasteiger partial charge in [0.25, 0.3) is 0 Å². The van der Waals surface area contributed by atoms with E-state index in [-0.39, 0.29) is 16.7 Å². The summed E-state index contributed by atoms with van der Waals surface area (Å²) in [6, 6.07) is 2.12. The topological polar surface area (TPSA) is 30.5 Å². The molecule has 1 unspecified atom stereocenters. The zero-order chi connectivity index (χ0) is 18.1. The molecule has 0 radical (unpaired) electrons. The fourth-order valence-electron chi connectivity index (χ4n) is 3.87. The van der Waals surface area contributed by atoms with Gasteiger partial charge in [0, 0.05) is 21.7 Å². The molecule has 1 aromatic rings. The van der Waals surface area contributed by atoms with Gasteiger partial charge < -0.3 is 14.6 Å². The van der Waals surface area contributed by atoms with Gasteiger partial charge in [-0.15, -0.1) is 0 Å². The fourth-order valence-corrected chi connectivity index (χ4v) is 4.30. The SMILES string of the molecule is Cc1cc(B2OC(C)(C)C(C)(C)O2)c(Cl)c2c1NC(C)(C)CC2C. The predicted octanol–water partition coefficient (Wildman–Crippen LogP) is 4.65. The molecule has 0 aromatic heterocycles. The molecule has 0 aliphatic carbocycles. The molecule has 1 fully saturated rings. The van der Waals surface area contributed by atoms with E-state index in [0.717, 1.165) is 16.9 Å². The van der Waals surface area contributed by atoms with E-state index in [0.29, 0.717) is 5.92 Å². The minimum absolute atomic E-state index is 0.0758. The van der Waals surface area contributed by atoms with Crippen LogP contribution >= 0.6 is 11.6 Å². The molecule has 5 heteroatoms. The summed E-state index contributed by atoms with van der Waals surface area (Å²) in [7, 11) is -0.423. The van der Waals surface area contributed by atoms with Crippen molar-refractivity contribution < 1.29 is 9.31 Å². The second-order valence-electron chi connectivity index (χ2n) is 9.09. The van der Waals surface area contributed by atoms with Gasteiger partial charge in [-0.3, -0.25) is 0 Å². The van der Waals surface area contributed by atoms with Crippen molar-refractivity contribution in [2.75, 3.05) is 5.32 Å². The van der Waals surface area contributed by atoms with Gasteiger partial charge in [0.2, 0.25) is 0 Å². The molecule has 0 saturated carbocycles. The molecule has 3 nitrogen and oxygen atoms in total. The normalized spacial score (nSPS) is 26.9. The van der Waals surface area contributed by atoms with Crippen molar-refractivity contribution in [2.24, 2.45) is 0 Å². The molecule has 24 heavy (non-hydrogen) atoms. The van der Waals surface area contributed by atoms with Crippen molar-refractivity contribution in [3.05, 3.63) is 22.2 Å². The zero-order valence-corrected chi connectivity index (χ0v) is 16.9. The highest BCUT2D eigenvalue weighted by molar-refractivity contribution is 6.66. The lowest BCUT2D eigenvalue weighted by Gasteiger charge is -2.39. The van der Waals surface area contributed by atoms with Crippen LogP contribution in [0.4, 0.5) is 5.69 Å². The first-order valence-corrected chi connectivity index (χ1v) is 9.19. The molecule has 1 N–H and O–H groups in total. The Hall–Kier alpha value is -0.705. The average molecular weight is 350 g/mol. The van der Waals surface area contributed by atoms with Gasteiger partial charge in [-0.2, -0.15) is 0 Å². The Balaban J connectivity index is 2.08. The van der Waals surface area contributed by atoms with E-state index in [1.54, 1.807) is 0 Å². The molecule has 0 bridgehead atoms. The molecular weight excluding hydrogens is 320 g/mol. The second kappa shape index (κ2) is 5.39. The van der Waals surface area contributed by atoms with Crippen LogP contribution < -0.4 is 10.8 Å². The summed E-state index contributed by atoms with van der Waals surface area (Å²) in [5.74, 6) is 0.393. The van der Waals surface area contributed by atoms with Gasteiger partial charge in [0.15, 0.2) is 0 Å². The third kappa shape index (κ3) is 2.77. The van der Waals surface area contributed by atoms with Crippen molar-refractivity contribution in [3.8, 4) is 0 Å². The highest BCUT2D eigenvalue weighted by Gasteiger charge is 2.52. The summed E-state index contributed by atoms with van der Waals surface area (Å²) in [5.41, 5.74) is 3.85. The van der Waals surface area contributed by atoms with Crippen LogP contribution in [-0.4, -0.2) is 23.9 Å². The van der Waals surface area contributed by atoms with Gasteiger partial charge >= 0.3 is 7.12 Å². The van der Waals surface area contributed by atoms with Crippen molar-refractivity contribution in [1.29, 1.82) is 0 Å². The number of anilines is 1. The van der Waals surface area contributed by atoms with Crippen LogP contribution in [0, 0.1) is 6.92 Å². The first kappa shape index (κ1) is 18.1. The molecule has 1 aromatic carbocycles. The Morgan fingerprint density at radius 1 is 1.12 bits per heavy atom. The summed E-state index contributed by atoms with van der Waals surface area (Å²) in [4.78, 5) is 0. The van der Waals surface area contributed by atoms with E-state index in [1.165, 1.54) is 16.8 Å². The number of fused-ring (bicyclic) bond motifs is 1. The van der Waals surface area contributed by atoms with Crippen LogP contribution in [0.2, 0.25) is 5.02 Å². The minimum Gasteiger partial charge on any atom is -0.399 e. The molecule has 1 saturated heterocycles. The summed E-state index contributed by atoms with van der Waals surface area (Å²) in [6.45, 7) is 17.1. The van der Waals surface area contributed by atoms with Crippen molar-refractivity contribution in [3.63, 3.8) is 0 Å². The highest BCUT2D eigenvalue weighted by Crippen LogP contribution is 2.44. The maximum Gasteiger partial charge on any atom is 0.496 e. The number of benzene rings is 1. The molecule has 2 aliphatic heterocycles. The smallest absolute Gasteiger partial charge is 0.399 e. The van der Waals surface area contributed by atoms with E-state index < -0.39 is 7.12 Å². The molecule has 2 aliphatic rings. The molecule has 132 valence electrons. The lowest BCUT2D eigenvalue weighted by Crippen LogP contribution is -2.41. The number of rotatable bonds is 1. The first-order chi connectivity index (χ1) is 10.8. The van der Waals surface area contributed by atoms with Crippen LogP contribution in [0.5, 0.6) is 0 Å². The van der Waals surface area contributed by atoms with Crippen LogP contribution in [0.1, 0.15) is 71.9 Å². The molecule has 0 spiro atoms. The summed E-state index contributed by atoms with van der Waals surface area (Å²) in [6.07, 6.45) is 1.05. The average Bonchev–Trinajstić information content (AvgIpc) is 2.60. The number of halogens is 1. The quantitative estimate of drug-likeness (QED) is 0.749. The third-order valence-electron chi connectivity index (χ3n) is 5.81. The van der Waals surface area contributed by atoms with Crippen LogP contribution in [-0.2, 0) is 9.31 Å². The Kier molecular flexibility index (Phi) is 4.07. The number of hydrogen-bond donors (Lipinski definition) is 1. The lowest BCUT2D eigenvalue weighted by atomic mass is 9.73. The fraction of sp³-hybridized carbons (Fsp3) is 0.684. The largest absolute Gasteiger partial charge is 0.496 e. The zero-order valence-electron chi connectivity index (χ0n) is 16.1. The second-order valence-corrected chi connectivity index (χ2v) is 9.47. The Morgan fingerprint density at radius 2 is 1.67 bits per heavy atom. The Morgan fingerprint density at radius 3 is 2.21 bits per heavy atom. The molecule has 0 amide bonds. The first-order valence-electron chi connectivity index (χ1n) is 8.81. The predicted molar refractivity (Wildman–Crippen MR) is 103 cm³/mol. The highest BCUT2D eigenvalue weighted by atomic mass is 35.5. The summed E-state index contributed by atoms with van der Waals surface area (Å²) in [5, 5.41) is 4.44. The van der Waals surface area contributed by atoms with E-state index >= 15 is 0 Å². The van der Waals surface area contributed by atoms with E-state index in [4.69, 9.17) is 20.9 Å². The molecule has 1 atom stereocenters. The van der Waals surface area contributed by atoms with Gasteiger partial charge in [-0.05, 0) is 71.9 Å². The minimum atomic E-state index is -0.423. The van der Waals surface area contributed by atoms with Gasteiger partial charge in [0.05, 0.1) is 11.2 Å². The van der Waals surface area contributed by atoms with Gasteiger partial charge in [0.1, 0.15) is 0 Å². The third-order valence-corrected chi connectivity index (χ3v) is 6.23.